The van der Waals surface area contributed by atoms with Gasteiger partial charge in [0, 0.05) is 22.5 Å². The quantitative estimate of drug-likeness (QED) is 0.339. The predicted octanol–water partition coefficient (Wildman–Crippen LogP) is 4.05. The molecule has 0 radical (unpaired) electrons. The fraction of sp³-hybridized carbons (Fsp3) is 0.562. The van der Waals surface area contributed by atoms with Gasteiger partial charge in [0.15, 0.2) is 0 Å². The Balaban J connectivity index is 2.47. The normalized spacial score (nSPS) is 21.3. The van der Waals surface area contributed by atoms with Crippen LogP contribution in [0, 0.1) is 5.82 Å². The van der Waals surface area contributed by atoms with Crippen molar-refractivity contribution in [1.82, 2.24) is 0 Å². The molecule has 1 aliphatic heterocycles. The lowest BCUT2D eigenvalue weighted by Crippen LogP contribution is -2.40. The van der Waals surface area contributed by atoms with Crippen molar-refractivity contribution in [2.45, 2.75) is 44.5 Å². The Morgan fingerprint density at radius 3 is 2.72 bits per heavy atom. The van der Waals surface area contributed by atoms with Crippen LogP contribution in [-0.2, 0) is 17.4 Å². The topological polar surface area (TPSA) is 87.4 Å². The van der Waals surface area contributed by atoms with Crippen LogP contribution in [0.25, 0.3) is 10.4 Å². The highest BCUT2D eigenvalue weighted by Crippen LogP contribution is 2.39. The summed E-state index contributed by atoms with van der Waals surface area (Å²) in [5, 5.41) is 3.40. The van der Waals surface area contributed by atoms with E-state index in [4.69, 9.17) is 10.3 Å². The summed E-state index contributed by atoms with van der Waals surface area (Å²) in [7, 11) is -1.53. The molecule has 0 amide bonds. The van der Waals surface area contributed by atoms with Crippen molar-refractivity contribution in [3.05, 3.63) is 39.5 Å². The number of rotatable bonds is 5. The molecule has 0 bridgehead atoms. The van der Waals surface area contributed by atoms with Crippen molar-refractivity contribution < 1.29 is 17.7 Å². The Morgan fingerprint density at radius 2 is 2.16 bits per heavy atom. The number of fused-ring (bicyclic) bond motifs is 1. The van der Waals surface area contributed by atoms with Crippen LogP contribution in [0.15, 0.2) is 21.6 Å². The number of ether oxygens (including phenoxy) is 1. The Bertz CT molecular complexity index is 785. The van der Waals surface area contributed by atoms with Crippen LogP contribution in [0.1, 0.15) is 38.8 Å². The summed E-state index contributed by atoms with van der Waals surface area (Å²) in [6, 6.07) is 2.49. The van der Waals surface area contributed by atoms with Gasteiger partial charge in [-0.05, 0) is 45.4 Å². The molecule has 136 valence electrons. The molecule has 0 aliphatic carbocycles. The highest BCUT2D eigenvalue weighted by molar-refractivity contribution is 7.85. The van der Waals surface area contributed by atoms with Crippen LogP contribution >= 0.6 is 0 Å². The van der Waals surface area contributed by atoms with E-state index in [1.807, 2.05) is 0 Å². The number of nitrogens with zero attached hydrogens (tertiary/aromatic N) is 4. The first-order chi connectivity index (χ1) is 11.6. The molecule has 25 heavy (non-hydrogen) atoms. The Morgan fingerprint density at radius 1 is 1.48 bits per heavy atom. The SMILES string of the molecule is CC(=N[S@](=O)C(C)(C)C)c1cc(F)cc2c1OC(CF)(CN=[N+]=[N-])C2. The van der Waals surface area contributed by atoms with Crippen molar-refractivity contribution in [2.75, 3.05) is 13.2 Å². The molecule has 1 unspecified atom stereocenters. The molecule has 0 spiro atoms. The average Bonchev–Trinajstić information content (AvgIpc) is 2.90. The summed E-state index contributed by atoms with van der Waals surface area (Å²) >= 11 is 0. The molecule has 0 saturated carbocycles. The molecule has 2 rings (SSSR count). The highest BCUT2D eigenvalue weighted by Gasteiger charge is 2.41. The van der Waals surface area contributed by atoms with E-state index in [1.165, 1.54) is 12.1 Å². The average molecular weight is 370 g/mol. The van der Waals surface area contributed by atoms with Gasteiger partial charge < -0.3 is 4.74 Å². The van der Waals surface area contributed by atoms with Crippen molar-refractivity contribution in [2.24, 2.45) is 9.51 Å². The molecule has 1 aromatic carbocycles. The molecule has 2 atom stereocenters. The third-order valence-electron chi connectivity index (χ3n) is 3.76. The summed E-state index contributed by atoms with van der Waals surface area (Å²) in [5.41, 5.74) is 8.26. The molecular formula is C16H20F2N4O2S. The van der Waals surface area contributed by atoms with E-state index in [9.17, 15) is 13.0 Å². The van der Waals surface area contributed by atoms with Gasteiger partial charge in [0.05, 0.1) is 17.0 Å². The van der Waals surface area contributed by atoms with Gasteiger partial charge in [0.1, 0.15) is 34.8 Å². The predicted molar refractivity (Wildman–Crippen MR) is 93.6 cm³/mol. The minimum atomic E-state index is -1.53. The van der Waals surface area contributed by atoms with E-state index in [2.05, 4.69) is 14.4 Å². The van der Waals surface area contributed by atoms with Gasteiger partial charge in [0.25, 0.3) is 0 Å². The Kier molecular flexibility index (Phi) is 5.49. The number of alkyl halides is 1. The number of hydrogen-bond donors (Lipinski definition) is 0. The number of benzene rings is 1. The van der Waals surface area contributed by atoms with Crippen LogP contribution in [0.3, 0.4) is 0 Å². The van der Waals surface area contributed by atoms with Gasteiger partial charge in [-0.3, -0.25) is 0 Å². The van der Waals surface area contributed by atoms with Crippen LogP contribution in [0.5, 0.6) is 5.75 Å². The van der Waals surface area contributed by atoms with Gasteiger partial charge in [-0.25, -0.2) is 13.0 Å². The zero-order valence-corrected chi connectivity index (χ0v) is 15.4. The van der Waals surface area contributed by atoms with E-state index < -0.39 is 33.8 Å². The van der Waals surface area contributed by atoms with Crippen LogP contribution in [0.2, 0.25) is 0 Å². The second-order valence-corrected chi connectivity index (χ2v) is 8.87. The van der Waals surface area contributed by atoms with Crippen molar-refractivity contribution in [1.29, 1.82) is 0 Å². The van der Waals surface area contributed by atoms with Crippen molar-refractivity contribution in [3.8, 4) is 5.75 Å². The van der Waals surface area contributed by atoms with Crippen LogP contribution in [-0.4, -0.2) is 33.5 Å². The molecule has 1 aromatic rings. The molecule has 0 fully saturated rings. The first-order valence-corrected chi connectivity index (χ1v) is 8.78. The monoisotopic (exact) mass is 370 g/mol. The van der Waals surface area contributed by atoms with Crippen molar-refractivity contribution >= 4 is 16.7 Å². The fourth-order valence-corrected chi connectivity index (χ4v) is 3.07. The van der Waals surface area contributed by atoms with E-state index in [-0.39, 0.29) is 13.0 Å². The second-order valence-electron chi connectivity index (χ2n) is 6.96. The summed E-state index contributed by atoms with van der Waals surface area (Å²) in [5.74, 6) is -0.230. The second kappa shape index (κ2) is 7.09. The lowest BCUT2D eigenvalue weighted by Gasteiger charge is -2.23. The maximum absolute atomic E-state index is 14.0. The highest BCUT2D eigenvalue weighted by atomic mass is 32.2. The van der Waals surface area contributed by atoms with Crippen LogP contribution in [0.4, 0.5) is 8.78 Å². The first kappa shape index (κ1) is 19.3. The van der Waals surface area contributed by atoms with Crippen LogP contribution < -0.4 is 4.74 Å². The maximum atomic E-state index is 14.0. The third-order valence-corrected chi connectivity index (χ3v) is 5.25. The van der Waals surface area contributed by atoms with E-state index in [0.29, 0.717) is 22.6 Å². The summed E-state index contributed by atoms with van der Waals surface area (Å²) in [4.78, 5) is 2.64. The maximum Gasteiger partial charge on any atom is 0.147 e. The summed E-state index contributed by atoms with van der Waals surface area (Å²) < 4.78 is 49.1. The van der Waals surface area contributed by atoms with Gasteiger partial charge in [-0.15, -0.1) is 0 Å². The van der Waals surface area contributed by atoms with Gasteiger partial charge in [-0.2, -0.15) is 4.40 Å². The lowest BCUT2D eigenvalue weighted by atomic mass is 9.97. The zero-order valence-electron chi connectivity index (χ0n) is 14.5. The first-order valence-electron chi connectivity index (χ1n) is 7.68. The van der Waals surface area contributed by atoms with Gasteiger partial charge in [0.2, 0.25) is 0 Å². The number of azide groups is 1. The standard InChI is InChI=1S/C16H20F2N4O2S/c1-10(21-25(23)15(2,3)4)13-6-12(18)5-11-7-16(8-17,9-20-22-19)24-14(11)13/h5-6H,7-9H2,1-4H3/t16?,25-/m1/s1. The zero-order chi connectivity index (χ0) is 18.8. The molecule has 0 N–H and O–H groups in total. The molecule has 9 heteroatoms. The van der Waals surface area contributed by atoms with Crippen molar-refractivity contribution in [3.63, 3.8) is 0 Å². The van der Waals surface area contributed by atoms with Gasteiger partial charge in [-0.1, -0.05) is 5.11 Å². The number of hydrogen-bond acceptors (Lipinski definition) is 3. The molecule has 0 aromatic heterocycles. The third kappa shape index (κ3) is 4.16. The molecule has 0 saturated heterocycles. The van der Waals surface area contributed by atoms with E-state index in [0.717, 1.165) is 0 Å². The smallest absolute Gasteiger partial charge is 0.147 e. The minimum absolute atomic E-state index is 0.0816. The van der Waals surface area contributed by atoms with E-state index >= 15 is 0 Å². The summed E-state index contributed by atoms with van der Waals surface area (Å²) in [6.45, 7) is 5.85. The number of halogens is 2. The fourth-order valence-electron chi connectivity index (χ4n) is 2.45. The molecule has 1 heterocycles. The van der Waals surface area contributed by atoms with E-state index in [1.54, 1.807) is 27.7 Å². The summed E-state index contributed by atoms with van der Waals surface area (Å²) in [6.07, 6.45) is 0.0816. The molecular weight excluding hydrogens is 350 g/mol. The Labute approximate surface area is 147 Å². The minimum Gasteiger partial charge on any atom is -0.483 e. The molecule has 1 aliphatic rings. The lowest BCUT2D eigenvalue weighted by molar-refractivity contribution is 0.0729. The Hall–Kier alpha value is -1.99. The van der Waals surface area contributed by atoms with Gasteiger partial charge >= 0.3 is 0 Å². The largest absolute Gasteiger partial charge is 0.483 e. The molecule has 6 nitrogen and oxygen atoms in total.